The number of aromatic nitrogens is 3. The van der Waals surface area contributed by atoms with Crippen LogP contribution in [0.4, 0.5) is 5.69 Å². The Hall–Kier alpha value is -2.42. The number of thioether (sulfide) groups is 1. The standard InChI is InChI=1S/C15H20N4O4S/c1-4-5-19-14(21)17-18-15(19)24-9-13(20)16-10-6-11(22-2)8-12(7-10)23-3/h6-8H,4-5,9H2,1-3H3,(H,16,20)(H,17,21). The predicted molar refractivity (Wildman–Crippen MR) is 92.0 cm³/mol. The van der Waals surface area contributed by atoms with Crippen molar-refractivity contribution in [2.24, 2.45) is 0 Å². The second-order valence-corrected chi connectivity index (χ2v) is 5.84. The molecule has 0 saturated carbocycles. The molecule has 0 bridgehead atoms. The van der Waals surface area contributed by atoms with Crippen LogP contribution >= 0.6 is 11.8 Å². The Bertz CT molecular complexity index is 734. The molecule has 9 heteroatoms. The number of hydrogen-bond donors (Lipinski definition) is 2. The first-order valence-electron chi connectivity index (χ1n) is 7.38. The molecule has 2 rings (SSSR count). The molecule has 0 radical (unpaired) electrons. The van der Waals surface area contributed by atoms with Crippen molar-refractivity contribution in [2.75, 3.05) is 25.3 Å². The molecular formula is C15H20N4O4S. The van der Waals surface area contributed by atoms with Gasteiger partial charge in [-0.2, -0.15) is 0 Å². The van der Waals surface area contributed by atoms with Gasteiger partial charge >= 0.3 is 5.69 Å². The summed E-state index contributed by atoms with van der Waals surface area (Å²) >= 11 is 1.20. The van der Waals surface area contributed by atoms with Gasteiger partial charge in [0.15, 0.2) is 5.16 Å². The highest BCUT2D eigenvalue weighted by Gasteiger charge is 2.12. The van der Waals surface area contributed by atoms with E-state index in [-0.39, 0.29) is 17.3 Å². The SMILES string of the molecule is CCCn1c(SCC(=O)Nc2cc(OC)cc(OC)c2)n[nH]c1=O. The van der Waals surface area contributed by atoms with Crippen LogP contribution in [0, 0.1) is 0 Å². The van der Waals surface area contributed by atoms with E-state index in [0.29, 0.717) is 28.9 Å². The van der Waals surface area contributed by atoms with Crippen LogP contribution in [0.15, 0.2) is 28.2 Å². The van der Waals surface area contributed by atoms with Gasteiger partial charge in [0.2, 0.25) is 5.91 Å². The lowest BCUT2D eigenvalue weighted by molar-refractivity contribution is -0.113. The van der Waals surface area contributed by atoms with Crippen LogP contribution in [0.2, 0.25) is 0 Å². The van der Waals surface area contributed by atoms with E-state index >= 15 is 0 Å². The number of amides is 1. The molecule has 1 aromatic carbocycles. The first-order chi connectivity index (χ1) is 11.6. The summed E-state index contributed by atoms with van der Waals surface area (Å²) in [5.41, 5.74) is 0.307. The second kappa shape index (κ2) is 8.44. The van der Waals surface area contributed by atoms with Crippen LogP contribution in [-0.4, -0.2) is 40.6 Å². The van der Waals surface area contributed by atoms with Crippen molar-refractivity contribution >= 4 is 23.4 Å². The zero-order valence-electron chi connectivity index (χ0n) is 13.8. The predicted octanol–water partition coefficient (Wildman–Crippen LogP) is 1.73. The van der Waals surface area contributed by atoms with E-state index in [4.69, 9.17) is 9.47 Å². The number of nitrogens with zero attached hydrogens (tertiary/aromatic N) is 2. The number of rotatable bonds is 8. The number of benzene rings is 1. The summed E-state index contributed by atoms with van der Waals surface area (Å²) in [7, 11) is 3.08. The van der Waals surface area contributed by atoms with Crippen LogP contribution in [0.5, 0.6) is 11.5 Å². The van der Waals surface area contributed by atoms with E-state index in [1.54, 1.807) is 32.4 Å². The van der Waals surface area contributed by atoms with Gasteiger partial charge in [0.1, 0.15) is 11.5 Å². The minimum Gasteiger partial charge on any atom is -0.497 e. The van der Waals surface area contributed by atoms with Gasteiger partial charge in [-0.15, -0.1) is 5.10 Å². The van der Waals surface area contributed by atoms with Crippen molar-refractivity contribution in [3.63, 3.8) is 0 Å². The Morgan fingerprint density at radius 2 is 1.96 bits per heavy atom. The fraction of sp³-hybridized carbons (Fsp3) is 0.400. The van der Waals surface area contributed by atoms with Gasteiger partial charge in [0.25, 0.3) is 0 Å². The van der Waals surface area contributed by atoms with Crippen molar-refractivity contribution < 1.29 is 14.3 Å². The average Bonchev–Trinajstić information content (AvgIpc) is 2.93. The minimum absolute atomic E-state index is 0.132. The van der Waals surface area contributed by atoms with Gasteiger partial charge < -0.3 is 14.8 Å². The molecular weight excluding hydrogens is 332 g/mol. The molecule has 0 atom stereocenters. The Balaban J connectivity index is 2.00. The summed E-state index contributed by atoms with van der Waals surface area (Å²) in [5, 5.41) is 9.61. The number of aromatic amines is 1. The minimum atomic E-state index is -0.266. The zero-order chi connectivity index (χ0) is 17.5. The normalized spacial score (nSPS) is 10.5. The Morgan fingerprint density at radius 3 is 2.54 bits per heavy atom. The second-order valence-electron chi connectivity index (χ2n) is 4.90. The summed E-state index contributed by atoms with van der Waals surface area (Å²) < 4.78 is 11.9. The molecule has 8 nitrogen and oxygen atoms in total. The number of methoxy groups -OCH3 is 2. The molecule has 2 N–H and O–H groups in total. The monoisotopic (exact) mass is 352 g/mol. The first kappa shape index (κ1) is 17.9. The van der Waals surface area contributed by atoms with Gasteiger partial charge in [-0.25, -0.2) is 9.89 Å². The Labute approximate surface area is 143 Å². The van der Waals surface area contributed by atoms with Crippen LogP contribution in [-0.2, 0) is 11.3 Å². The number of hydrogen-bond acceptors (Lipinski definition) is 6. The number of H-pyrrole nitrogens is 1. The summed E-state index contributed by atoms with van der Waals surface area (Å²) in [6, 6.07) is 5.12. The third kappa shape index (κ3) is 4.54. The molecule has 0 aliphatic rings. The third-order valence-electron chi connectivity index (χ3n) is 3.14. The van der Waals surface area contributed by atoms with E-state index < -0.39 is 0 Å². The lowest BCUT2D eigenvalue weighted by atomic mass is 10.2. The van der Waals surface area contributed by atoms with Gasteiger partial charge in [0, 0.05) is 30.4 Å². The molecule has 0 aliphatic heterocycles. The summed E-state index contributed by atoms with van der Waals surface area (Å²) in [5.74, 6) is 1.09. The Kier molecular flexibility index (Phi) is 6.30. The molecule has 1 heterocycles. The molecule has 2 aromatic rings. The molecule has 24 heavy (non-hydrogen) atoms. The number of carbonyl (C=O) groups excluding carboxylic acids is 1. The topological polar surface area (TPSA) is 98.2 Å². The lowest BCUT2D eigenvalue weighted by Gasteiger charge is -2.10. The highest BCUT2D eigenvalue weighted by atomic mass is 32.2. The van der Waals surface area contributed by atoms with Crippen LogP contribution < -0.4 is 20.5 Å². The third-order valence-corrected chi connectivity index (χ3v) is 4.11. The van der Waals surface area contributed by atoms with Crippen LogP contribution in [0.3, 0.4) is 0 Å². The average molecular weight is 352 g/mol. The fourth-order valence-electron chi connectivity index (χ4n) is 2.04. The van der Waals surface area contributed by atoms with E-state index in [2.05, 4.69) is 15.5 Å². The summed E-state index contributed by atoms with van der Waals surface area (Å²) in [4.78, 5) is 23.7. The van der Waals surface area contributed by atoms with E-state index in [1.807, 2.05) is 6.92 Å². The van der Waals surface area contributed by atoms with Crippen molar-refractivity contribution in [3.05, 3.63) is 28.7 Å². The molecule has 1 aromatic heterocycles. The maximum absolute atomic E-state index is 12.1. The molecule has 0 saturated heterocycles. The van der Waals surface area contributed by atoms with Gasteiger partial charge in [-0.05, 0) is 6.42 Å². The van der Waals surface area contributed by atoms with Crippen molar-refractivity contribution in [3.8, 4) is 11.5 Å². The number of ether oxygens (including phenoxy) is 2. The van der Waals surface area contributed by atoms with Crippen LogP contribution in [0.25, 0.3) is 0 Å². The van der Waals surface area contributed by atoms with Gasteiger partial charge in [-0.3, -0.25) is 9.36 Å². The van der Waals surface area contributed by atoms with E-state index in [9.17, 15) is 9.59 Å². The molecule has 0 unspecified atom stereocenters. The van der Waals surface area contributed by atoms with E-state index in [1.165, 1.54) is 16.3 Å². The largest absolute Gasteiger partial charge is 0.497 e. The molecule has 0 fully saturated rings. The maximum atomic E-state index is 12.1. The van der Waals surface area contributed by atoms with Gasteiger partial charge in [-0.1, -0.05) is 18.7 Å². The van der Waals surface area contributed by atoms with Crippen molar-refractivity contribution in [1.82, 2.24) is 14.8 Å². The van der Waals surface area contributed by atoms with Gasteiger partial charge in [0.05, 0.1) is 20.0 Å². The first-order valence-corrected chi connectivity index (χ1v) is 8.36. The van der Waals surface area contributed by atoms with Crippen LogP contribution in [0.1, 0.15) is 13.3 Å². The summed E-state index contributed by atoms with van der Waals surface area (Å²) in [6.45, 7) is 2.53. The number of nitrogens with one attached hydrogen (secondary N) is 2. The number of anilines is 1. The smallest absolute Gasteiger partial charge is 0.343 e. The molecule has 1 amide bonds. The molecule has 0 spiro atoms. The Morgan fingerprint density at radius 1 is 1.29 bits per heavy atom. The molecule has 0 aliphatic carbocycles. The quantitative estimate of drug-likeness (QED) is 0.702. The fourth-order valence-corrected chi connectivity index (χ4v) is 2.81. The van der Waals surface area contributed by atoms with E-state index in [0.717, 1.165) is 6.42 Å². The number of carbonyl (C=O) groups is 1. The molecule has 130 valence electrons. The van der Waals surface area contributed by atoms with Crippen molar-refractivity contribution in [2.45, 2.75) is 25.0 Å². The maximum Gasteiger partial charge on any atom is 0.343 e. The highest BCUT2D eigenvalue weighted by molar-refractivity contribution is 7.99. The highest BCUT2D eigenvalue weighted by Crippen LogP contribution is 2.26. The lowest BCUT2D eigenvalue weighted by Crippen LogP contribution is -2.18. The summed E-state index contributed by atoms with van der Waals surface area (Å²) in [6.07, 6.45) is 0.808. The van der Waals surface area contributed by atoms with Crippen molar-refractivity contribution in [1.29, 1.82) is 0 Å². The zero-order valence-corrected chi connectivity index (χ0v) is 14.6.